The van der Waals surface area contributed by atoms with Crippen LogP contribution in [0.2, 0.25) is 0 Å². The summed E-state index contributed by atoms with van der Waals surface area (Å²) in [7, 11) is 1.42. The van der Waals surface area contributed by atoms with Gasteiger partial charge in [0.05, 0.1) is 7.11 Å². The first kappa shape index (κ1) is 14.8. The van der Waals surface area contributed by atoms with Gasteiger partial charge in [0.25, 0.3) is 0 Å². The number of ether oxygens (including phenoxy) is 1. The van der Waals surface area contributed by atoms with Crippen LogP contribution >= 0.6 is 0 Å². The molecule has 1 aliphatic carbocycles. The Labute approximate surface area is 120 Å². The molecule has 2 rings (SSSR count). The van der Waals surface area contributed by atoms with E-state index in [1.54, 1.807) is 6.33 Å². The molecule has 1 aliphatic rings. The lowest BCUT2D eigenvalue weighted by Gasteiger charge is -2.22. The molecule has 1 aromatic heterocycles. The molecule has 1 unspecified atom stereocenters. The zero-order valence-electron chi connectivity index (χ0n) is 12.5. The van der Waals surface area contributed by atoms with Crippen molar-refractivity contribution in [3.63, 3.8) is 0 Å². The number of nitrogens with one attached hydrogen (secondary N) is 1. The van der Waals surface area contributed by atoms with Crippen LogP contribution < -0.4 is 5.32 Å². The van der Waals surface area contributed by atoms with Gasteiger partial charge in [0.2, 0.25) is 0 Å². The van der Waals surface area contributed by atoms with Crippen molar-refractivity contribution in [3.8, 4) is 0 Å². The number of esters is 1. The van der Waals surface area contributed by atoms with Gasteiger partial charge in [-0.2, -0.15) is 0 Å². The van der Waals surface area contributed by atoms with Crippen molar-refractivity contribution in [2.75, 3.05) is 12.4 Å². The summed E-state index contributed by atoms with van der Waals surface area (Å²) in [4.78, 5) is 20.6. The first-order chi connectivity index (χ1) is 9.63. The molecular weight excluding hydrogens is 254 g/mol. The summed E-state index contributed by atoms with van der Waals surface area (Å²) in [6.45, 7) is 3.99. The number of aromatic nitrogens is 2. The first-order valence-corrected chi connectivity index (χ1v) is 7.30. The van der Waals surface area contributed by atoms with Gasteiger partial charge in [-0.25, -0.2) is 14.8 Å². The normalized spacial score (nSPS) is 16.2. The Balaban J connectivity index is 2.26. The fourth-order valence-electron chi connectivity index (χ4n) is 2.59. The van der Waals surface area contributed by atoms with Crippen molar-refractivity contribution in [1.82, 2.24) is 9.97 Å². The van der Waals surface area contributed by atoms with E-state index in [1.165, 1.54) is 25.5 Å². The Kier molecular flexibility index (Phi) is 4.93. The summed E-state index contributed by atoms with van der Waals surface area (Å²) in [6.07, 6.45) is 7.11. The molecule has 0 radical (unpaired) electrons. The van der Waals surface area contributed by atoms with Crippen molar-refractivity contribution in [2.24, 2.45) is 5.92 Å². The van der Waals surface area contributed by atoms with Crippen molar-refractivity contribution in [1.29, 1.82) is 0 Å². The van der Waals surface area contributed by atoms with Gasteiger partial charge >= 0.3 is 5.97 Å². The largest absolute Gasteiger partial charge is 0.467 e. The summed E-state index contributed by atoms with van der Waals surface area (Å²) < 4.78 is 4.87. The minimum Gasteiger partial charge on any atom is -0.467 e. The molecular formula is C15H23N3O2. The van der Waals surface area contributed by atoms with Crippen LogP contribution in [0, 0.1) is 5.92 Å². The Hall–Kier alpha value is -1.65. The van der Waals surface area contributed by atoms with E-state index in [1.807, 2.05) is 13.8 Å². The summed E-state index contributed by atoms with van der Waals surface area (Å²) in [5.74, 6) is 0.681. The van der Waals surface area contributed by atoms with Gasteiger partial charge < -0.3 is 10.1 Å². The van der Waals surface area contributed by atoms with E-state index < -0.39 is 0 Å². The lowest BCUT2D eigenvalue weighted by Crippen LogP contribution is -2.36. The topological polar surface area (TPSA) is 64.1 Å². The van der Waals surface area contributed by atoms with E-state index in [-0.39, 0.29) is 17.9 Å². The Morgan fingerprint density at radius 1 is 1.25 bits per heavy atom. The zero-order valence-corrected chi connectivity index (χ0v) is 12.5. The molecule has 0 fully saturated rings. The lowest BCUT2D eigenvalue weighted by atomic mass is 10.0. The molecule has 110 valence electrons. The predicted octanol–water partition coefficient (Wildman–Crippen LogP) is 2.35. The Morgan fingerprint density at radius 2 is 2.00 bits per heavy atom. The van der Waals surface area contributed by atoms with Crippen LogP contribution in [0.5, 0.6) is 0 Å². The fraction of sp³-hybridized carbons (Fsp3) is 0.667. The molecule has 5 heteroatoms. The standard InChI is InChI=1S/C15H23N3O2/c1-10(2)13(15(19)20-3)18-14-11-7-5-4-6-8-12(11)16-9-17-14/h9-10,13H,4-8H2,1-3H3,(H,16,17,18). The van der Waals surface area contributed by atoms with Crippen LogP contribution in [-0.4, -0.2) is 29.1 Å². The fourth-order valence-corrected chi connectivity index (χ4v) is 2.59. The van der Waals surface area contributed by atoms with Crippen LogP contribution in [-0.2, 0) is 22.4 Å². The van der Waals surface area contributed by atoms with Crippen LogP contribution in [0.1, 0.15) is 44.4 Å². The molecule has 0 bridgehead atoms. The third kappa shape index (κ3) is 3.26. The van der Waals surface area contributed by atoms with Gasteiger partial charge in [0.1, 0.15) is 18.2 Å². The van der Waals surface area contributed by atoms with Crippen molar-refractivity contribution in [3.05, 3.63) is 17.6 Å². The number of aryl methyl sites for hydroxylation is 1. The molecule has 0 spiro atoms. The van der Waals surface area contributed by atoms with Crippen molar-refractivity contribution >= 4 is 11.8 Å². The predicted molar refractivity (Wildman–Crippen MR) is 77.6 cm³/mol. The van der Waals surface area contributed by atoms with Crippen molar-refractivity contribution < 1.29 is 9.53 Å². The van der Waals surface area contributed by atoms with E-state index in [0.717, 1.165) is 30.8 Å². The summed E-state index contributed by atoms with van der Waals surface area (Å²) in [5.41, 5.74) is 2.28. The maximum atomic E-state index is 11.9. The molecule has 0 aromatic carbocycles. The number of hydrogen-bond acceptors (Lipinski definition) is 5. The smallest absolute Gasteiger partial charge is 0.328 e. The summed E-state index contributed by atoms with van der Waals surface area (Å²) in [5, 5.41) is 3.26. The molecule has 0 amide bonds. The SMILES string of the molecule is COC(=O)C(Nc1ncnc2c1CCCCC2)C(C)C. The number of anilines is 1. The monoisotopic (exact) mass is 277 g/mol. The number of hydrogen-bond donors (Lipinski definition) is 1. The highest BCUT2D eigenvalue weighted by Crippen LogP contribution is 2.25. The number of nitrogens with zero attached hydrogens (tertiary/aromatic N) is 2. The Bertz CT molecular complexity index is 474. The maximum absolute atomic E-state index is 11.9. The molecule has 1 atom stereocenters. The van der Waals surface area contributed by atoms with Gasteiger partial charge in [0.15, 0.2) is 0 Å². The van der Waals surface area contributed by atoms with Crippen LogP contribution in [0.25, 0.3) is 0 Å². The molecule has 1 aromatic rings. The molecule has 0 saturated heterocycles. The highest BCUT2D eigenvalue weighted by molar-refractivity contribution is 5.79. The van der Waals surface area contributed by atoms with E-state index in [2.05, 4.69) is 15.3 Å². The van der Waals surface area contributed by atoms with Gasteiger partial charge in [0, 0.05) is 11.3 Å². The van der Waals surface area contributed by atoms with E-state index >= 15 is 0 Å². The van der Waals surface area contributed by atoms with Crippen LogP contribution in [0.4, 0.5) is 5.82 Å². The van der Waals surface area contributed by atoms with Gasteiger partial charge in [-0.3, -0.25) is 0 Å². The average molecular weight is 277 g/mol. The number of carbonyl (C=O) groups is 1. The maximum Gasteiger partial charge on any atom is 0.328 e. The highest BCUT2D eigenvalue weighted by atomic mass is 16.5. The number of fused-ring (bicyclic) bond motifs is 1. The molecule has 0 aliphatic heterocycles. The third-order valence-electron chi connectivity index (χ3n) is 3.79. The minimum absolute atomic E-state index is 0.138. The van der Waals surface area contributed by atoms with E-state index in [0.29, 0.717) is 0 Å². The molecule has 5 nitrogen and oxygen atoms in total. The average Bonchev–Trinajstić information content (AvgIpc) is 2.69. The number of rotatable bonds is 4. The summed E-state index contributed by atoms with van der Waals surface area (Å²) in [6, 6.07) is -0.373. The second-order valence-corrected chi connectivity index (χ2v) is 5.60. The minimum atomic E-state index is -0.373. The van der Waals surface area contributed by atoms with Gasteiger partial charge in [-0.15, -0.1) is 0 Å². The van der Waals surface area contributed by atoms with Crippen LogP contribution in [0.15, 0.2) is 6.33 Å². The first-order valence-electron chi connectivity index (χ1n) is 7.30. The second-order valence-electron chi connectivity index (χ2n) is 5.60. The van der Waals surface area contributed by atoms with Gasteiger partial charge in [-0.05, 0) is 31.6 Å². The number of carbonyl (C=O) groups excluding carboxylic acids is 1. The summed E-state index contributed by atoms with van der Waals surface area (Å²) >= 11 is 0. The second kappa shape index (κ2) is 6.68. The molecule has 20 heavy (non-hydrogen) atoms. The van der Waals surface area contributed by atoms with Crippen molar-refractivity contribution in [2.45, 2.75) is 52.0 Å². The van der Waals surface area contributed by atoms with Crippen LogP contribution in [0.3, 0.4) is 0 Å². The van der Waals surface area contributed by atoms with E-state index in [9.17, 15) is 4.79 Å². The molecule has 0 saturated carbocycles. The Morgan fingerprint density at radius 3 is 2.70 bits per heavy atom. The highest BCUT2D eigenvalue weighted by Gasteiger charge is 2.25. The lowest BCUT2D eigenvalue weighted by molar-refractivity contribution is -0.142. The van der Waals surface area contributed by atoms with Gasteiger partial charge in [-0.1, -0.05) is 20.3 Å². The number of methoxy groups -OCH3 is 1. The zero-order chi connectivity index (χ0) is 14.5. The quantitative estimate of drug-likeness (QED) is 0.676. The molecule has 1 heterocycles. The third-order valence-corrected chi connectivity index (χ3v) is 3.79. The molecule has 1 N–H and O–H groups in total. The van der Waals surface area contributed by atoms with E-state index in [4.69, 9.17) is 4.74 Å².